The SMILES string of the molecule is c1ccc2c(c1)CNC2C1CCCCCC1. The van der Waals surface area contributed by atoms with Crippen molar-refractivity contribution in [3.8, 4) is 0 Å². The van der Waals surface area contributed by atoms with Crippen molar-refractivity contribution in [3.63, 3.8) is 0 Å². The van der Waals surface area contributed by atoms with Crippen LogP contribution in [0.4, 0.5) is 0 Å². The fourth-order valence-corrected chi connectivity index (χ4v) is 3.39. The summed E-state index contributed by atoms with van der Waals surface area (Å²) in [6.07, 6.45) is 8.61. The van der Waals surface area contributed by atoms with E-state index in [4.69, 9.17) is 0 Å². The summed E-state index contributed by atoms with van der Waals surface area (Å²) in [6.45, 7) is 1.08. The first kappa shape index (κ1) is 10.3. The second-order valence-electron chi connectivity index (χ2n) is 5.31. The number of hydrogen-bond donors (Lipinski definition) is 1. The van der Waals surface area contributed by atoms with E-state index in [9.17, 15) is 0 Å². The highest BCUT2D eigenvalue weighted by Crippen LogP contribution is 2.37. The van der Waals surface area contributed by atoms with Gasteiger partial charge in [-0.3, -0.25) is 0 Å². The van der Waals surface area contributed by atoms with Crippen molar-refractivity contribution in [3.05, 3.63) is 35.4 Å². The fraction of sp³-hybridized carbons (Fsp3) is 0.600. The lowest BCUT2D eigenvalue weighted by Gasteiger charge is -2.23. The van der Waals surface area contributed by atoms with Gasteiger partial charge in [0.2, 0.25) is 0 Å². The van der Waals surface area contributed by atoms with Gasteiger partial charge in [-0.25, -0.2) is 0 Å². The van der Waals surface area contributed by atoms with E-state index in [2.05, 4.69) is 29.6 Å². The van der Waals surface area contributed by atoms with Crippen LogP contribution in [0.3, 0.4) is 0 Å². The number of nitrogens with one attached hydrogen (secondary N) is 1. The Labute approximate surface area is 98.3 Å². The predicted octanol–water partition coefficient (Wildman–Crippen LogP) is 3.80. The molecule has 16 heavy (non-hydrogen) atoms. The van der Waals surface area contributed by atoms with Gasteiger partial charge in [-0.15, -0.1) is 0 Å². The lowest BCUT2D eigenvalue weighted by atomic mass is 9.88. The second kappa shape index (κ2) is 4.58. The first-order valence-corrected chi connectivity index (χ1v) is 6.76. The molecule has 0 saturated heterocycles. The molecule has 2 aliphatic rings. The minimum atomic E-state index is 0.647. The fourth-order valence-electron chi connectivity index (χ4n) is 3.39. The van der Waals surface area contributed by atoms with E-state index < -0.39 is 0 Å². The maximum atomic E-state index is 3.72. The summed E-state index contributed by atoms with van der Waals surface area (Å²) >= 11 is 0. The van der Waals surface area contributed by atoms with E-state index in [0.29, 0.717) is 6.04 Å². The van der Waals surface area contributed by atoms with E-state index >= 15 is 0 Å². The molecule has 1 aromatic carbocycles. The number of rotatable bonds is 1. The van der Waals surface area contributed by atoms with Crippen molar-refractivity contribution in [1.82, 2.24) is 5.32 Å². The molecular weight excluding hydrogens is 194 g/mol. The monoisotopic (exact) mass is 215 g/mol. The summed E-state index contributed by atoms with van der Waals surface area (Å²) in [5.74, 6) is 0.881. The third-order valence-electron chi connectivity index (χ3n) is 4.27. The smallest absolute Gasteiger partial charge is 0.0354 e. The van der Waals surface area contributed by atoms with Gasteiger partial charge in [-0.2, -0.15) is 0 Å². The maximum absolute atomic E-state index is 3.72. The van der Waals surface area contributed by atoms with E-state index in [1.165, 1.54) is 44.1 Å². The molecule has 0 spiro atoms. The molecule has 0 aromatic heterocycles. The van der Waals surface area contributed by atoms with Crippen molar-refractivity contribution >= 4 is 0 Å². The molecule has 1 unspecified atom stereocenters. The molecule has 0 bridgehead atoms. The standard InChI is InChI=1S/C15H21N/c1-2-4-8-12(7-3-1)15-14-10-6-5-9-13(14)11-16-15/h5-6,9-10,12,15-16H,1-4,7-8,11H2. The van der Waals surface area contributed by atoms with Crippen LogP contribution >= 0.6 is 0 Å². The van der Waals surface area contributed by atoms with E-state index in [1.54, 1.807) is 5.56 Å². The Morgan fingerprint density at radius 2 is 1.69 bits per heavy atom. The highest BCUT2D eigenvalue weighted by atomic mass is 14.9. The lowest BCUT2D eigenvalue weighted by molar-refractivity contribution is 0.342. The Morgan fingerprint density at radius 3 is 2.50 bits per heavy atom. The van der Waals surface area contributed by atoms with Gasteiger partial charge in [0.05, 0.1) is 0 Å². The molecule has 3 rings (SSSR count). The molecule has 0 amide bonds. The van der Waals surface area contributed by atoms with Crippen LogP contribution in [0, 0.1) is 5.92 Å². The third kappa shape index (κ3) is 1.89. The van der Waals surface area contributed by atoms with Crippen LogP contribution in [-0.2, 0) is 6.54 Å². The molecule has 86 valence electrons. The molecule has 1 heteroatoms. The zero-order valence-electron chi connectivity index (χ0n) is 9.91. The van der Waals surface area contributed by atoms with Crippen LogP contribution in [0.5, 0.6) is 0 Å². The Bertz CT molecular complexity index is 350. The quantitative estimate of drug-likeness (QED) is 0.703. The number of benzene rings is 1. The molecule has 1 N–H and O–H groups in total. The number of fused-ring (bicyclic) bond motifs is 1. The summed E-state index contributed by atoms with van der Waals surface area (Å²) in [6, 6.07) is 9.60. The van der Waals surface area contributed by atoms with Crippen molar-refractivity contribution < 1.29 is 0 Å². The molecule has 1 nitrogen and oxygen atoms in total. The van der Waals surface area contributed by atoms with Gasteiger partial charge >= 0.3 is 0 Å². The lowest BCUT2D eigenvalue weighted by Crippen LogP contribution is -2.21. The van der Waals surface area contributed by atoms with Crippen molar-refractivity contribution in [2.75, 3.05) is 0 Å². The second-order valence-corrected chi connectivity index (χ2v) is 5.31. The normalized spacial score (nSPS) is 26.4. The third-order valence-corrected chi connectivity index (χ3v) is 4.27. The molecule has 1 atom stereocenters. The average molecular weight is 215 g/mol. The highest BCUT2D eigenvalue weighted by molar-refractivity contribution is 5.34. The summed E-state index contributed by atoms with van der Waals surface area (Å²) in [5, 5.41) is 3.72. The predicted molar refractivity (Wildman–Crippen MR) is 67.2 cm³/mol. The van der Waals surface area contributed by atoms with Crippen LogP contribution in [-0.4, -0.2) is 0 Å². The Kier molecular flexibility index (Phi) is 2.96. The van der Waals surface area contributed by atoms with Gasteiger partial charge in [-0.1, -0.05) is 49.9 Å². The molecule has 1 fully saturated rings. The van der Waals surface area contributed by atoms with E-state index in [-0.39, 0.29) is 0 Å². The summed E-state index contributed by atoms with van der Waals surface area (Å²) in [4.78, 5) is 0. The van der Waals surface area contributed by atoms with Gasteiger partial charge in [0, 0.05) is 12.6 Å². The van der Waals surface area contributed by atoms with Crippen molar-refractivity contribution in [2.24, 2.45) is 5.92 Å². The minimum Gasteiger partial charge on any atom is -0.306 e. The summed E-state index contributed by atoms with van der Waals surface area (Å²) < 4.78 is 0. The van der Waals surface area contributed by atoms with Crippen LogP contribution in [0.2, 0.25) is 0 Å². The van der Waals surface area contributed by atoms with Gasteiger partial charge in [0.25, 0.3) is 0 Å². The molecule has 1 aliphatic heterocycles. The van der Waals surface area contributed by atoms with Gasteiger partial charge in [0.1, 0.15) is 0 Å². The maximum Gasteiger partial charge on any atom is 0.0354 e. The Hall–Kier alpha value is -0.820. The number of hydrogen-bond acceptors (Lipinski definition) is 1. The minimum absolute atomic E-state index is 0.647. The van der Waals surface area contributed by atoms with Gasteiger partial charge in [-0.05, 0) is 29.9 Å². The Balaban J connectivity index is 1.80. The van der Waals surface area contributed by atoms with Gasteiger partial charge in [0.15, 0.2) is 0 Å². The van der Waals surface area contributed by atoms with E-state index in [1.807, 2.05) is 0 Å². The molecule has 1 aromatic rings. The highest BCUT2D eigenvalue weighted by Gasteiger charge is 2.29. The largest absolute Gasteiger partial charge is 0.306 e. The Morgan fingerprint density at radius 1 is 0.938 bits per heavy atom. The summed E-state index contributed by atoms with van der Waals surface area (Å²) in [7, 11) is 0. The van der Waals surface area contributed by atoms with Crippen LogP contribution in [0.1, 0.15) is 55.7 Å². The molecular formula is C15H21N. The van der Waals surface area contributed by atoms with E-state index in [0.717, 1.165) is 12.5 Å². The first-order chi connectivity index (χ1) is 7.95. The molecule has 1 heterocycles. The van der Waals surface area contributed by atoms with Crippen LogP contribution < -0.4 is 5.32 Å². The van der Waals surface area contributed by atoms with Crippen LogP contribution in [0.15, 0.2) is 24.3 Å². The topological polar surface area (TPSA) is 12.0 Å². The zero-order chi connectivity index (χ0) is 10.8. The van der Waals surface area contributed by atoms with Crippen molar-refractivity contribution in [2.45, 2.75) is 51.1 Å². The average Bonchev–Trinajstić information content (AvgIpc) is 2.57. The molecule has 1 aliphatic carbocycles. The molecule has 0 radical (unpaired) electrons. The molecule has 1 saturated carbocycles. The first-order valence-electron chi connectivity index (χ1n) is 6.76. The zero-order valence-corrected chi connectivity index (χ0v) is 9.91. The summed E-state index contributed by atoms with van der Waals surface area (Å²) in [5.41, 5.74) is 3.10. The van der Waals surface area contributed by atoms with Crippen LogP contribution in [0.25, 0.3) is 0 Å². The van der Waals surface area contributed by atoms with Crippen molar-refractivity contribution in [1.29, 1.82) is 0 Å². The van der Waals surface area contributed by atoms with Gasteiger partial charge < -0.3 is 5.32 Å².